The van der Waals surface area contributed by atoms with Crippen molar-refractivity contribution >= 4 is 10.9 Å². The van der Waals surface area contributed by atoms with Crippen LogP contribution in [0.3, 0.4) is 0 Å². The Labute approximate surface area is 118 Å². The molecule has 0 aliphatic carbocycles. The van der Waals surface area contributed by atoms with Gasteiger partial charge in [-0.05, 0) is 50.1 Å². The van der Waals surface area contributed by atoms with Gasteiger partial charge in [-0.2, -0.15) is 0 Å². The summed E-state index contributed by atoms with van der Waals surface area (Å²) in [5.74, 6) is 0. The van der Waals surface area contributed by atoms with Crippen molar-refractivity contribution in [2.45, 2.75) is 20.8 Å². The molecule has 0 spiro atoms. The van der Waals surface area contributed by atoms with E-state index in [1.54, 1.807) is 0 Å². The van der Waals surface area contributed by atoms with Gasteiger partial charge < -0.3 is 4.57 Å². The van der Waals surface area contributed by atoms with Gasteiger partial charge in [-0.25, -0.2) is 0 Å². The number of para-hydroxylation sites is 1. The maximum atomic E-state index is 12.3. The molecule has 0 amide bonds. The third kappa shape index (κ3) is 1.85. The van der Waals surface area contributed by atoms with Gasteiger partial charge in [0.05, 0.1) is 5.52 Å². The number of rotatable bonds is 1. The van der Waals surface area contributed by atoms with E-state index >= 15 is 0 Å². The van der Waals surface area contributed by atoms with Crippen molar-refractivity contribution in [2.75, 3.05) is 0 Å². The Balaban J connectivity index is 2.46. The standard InChI is InChI=1S/C18H17NO/c1-12-7-6-10-16(14(12)3)19-11-13(2)18(20)15-8-4-5-9-17(15)19/h4-11H,1-3H3. The molecule has 0 bridgehead atoms. The maximum absolute atomic E-state index is 12.3. The zero-order valence-electron chi connectivity index (χ0n) is 12.0. The van der Waals surface area contributed by atoms with E-state index in [1.807, 2.05) is 37.4 Å². The fourth-order valence-electron chi connectivity index (χ4n) is 2.61. The molecule has 2 heteroatoms. The van der Waals surface area contributed by atoms with Gasteiger partial charge in [0.15, 0.2) is 5.43 Å². The molecule has 0 fully saturated rings. The average Bonchev–Trinajstić information content (AvgIpc) is 2.46. The lowest BCUT2D eigenvalue weighted by molar-refractivity contribution is 1.05. The van der Waals surface area contributed by atoms with Crippen molar-refractivity contribution < 1.29 is 0 Å². The number of pyridine rings is 1. The second-order valence-electron chi connectivity index (χ2n) is 5.25. The maximum Gasteiger partial charge on any atom is 0.192 e. The van der Waals surface area contributed by atoms with Crippen LogP contribution in [-0.4, -0.2) is 4.57 Å². The lowest BCUT2D eigenvalue weighted by Gasteiger charge is -2.16. The van der Waals surface area contributed by atoms with E-state index < -0.39 is 0 Å². The summed E-state index contributed by atoms with van der Waals surface area (Å²) < 4.78 is 2.12. The number of fused-ring (bicyclic) bond motifs is 1. The van der Waals surface area contributed by atoms with E-state index in [9.17, 15) is 4.79 Å². The van der Waals surface area contributed by atoms with E-state index in [0.717, 1.165) is 22.2 Å². The summed E-state index contributed by atoms with van der Waals surface area (Å²) in [5.41, 5.74) is 5.46. The van der Waals surface area contributed by atoms with Crippen molar-refractivity contribution in [1.29, 1.82) is 0 Å². The fourth-order valence-corrected chi connectivity index (χ4v) is 2.61. The van der Waals surface area contributed by atoms with Crippen molar-refractivity contribution in [2.24, 2.45) is 0 Å². The molecule has 2 nitrogen and oxygen atoms in total. The minimum Gasteiger partial charge on any atom is -0.316 e. The summed E-state index contributed by atoms with van der Waals surface area (Å²) in [7, 11) is 0. The zero-order valence-corrected chi connectivity index (χ0v) is 12.0. The largest absolute Gasteiger partial charge is 0.316 e. The highest BCUT2D eigenvalue weighted by Crippen LogP contribution is 2.22. The van der Waals surface area contributed by atoms with Crippen LogP contribution < -0.4 is 5.43 Å². The second kappa shape index (κ2) is 4.64. The first-order valence-corrected chi connectivity index (χ1v) is 6.77. The number of benzene rings is 2. The van der Waals surface area contributed by atoms with Crippen LogP contribution in [0.4, 0.5) is 0 Å². The Morgan fingerprint density at radius 3 is 2.40 bits per heavy atom. The van der Waals surface area contributed by atoms with Crippen LogP contribution in [0.25, 0.3) is 16.6 Å². The van der Waals surface area contributed by atoms with Gasteiger partial charge in [0, 0.05) is 22.8 Å². The highest BCUT2D eigenvalue weighted by Gasteiger charge is 2.09. The first-order valence-electron chi connectivity index (χ1n) is 6.77. The Morgan fingerprint density at radius 1 is 0.850 bits per heavy atom. The normalized spacial score (nSPS) is 10.9. The first kappa shape index (κ1) is 12.7. The Morgan fingerprint density at radius 2 is 1.60 bits per heavy atom. The van der Waals surface area contributed by atoms with Gasteiger partial charge >= 0.3 is 0 Å². The molecule has 20 heavy (non-hydrogen) atoms. The van der Waals surface area contributed by atoms with Gasteiger partial charge in [-0.3, -0.25) is 4.79 Å². The van der Waals surface area contributed by atoms with Crippen LogP contribution in [0.2, 0.25) is 0 Å². The number of aromatic nitrogens is 1. The quantitative estimate of drug-likeness (QED) is 0.652. The molecule has 3 aromatic rings. The second-order valence-corrected chi connectivity index (χ2v) is 5.25. The van der Waals surface area contributed by atoms with Gasteiger partial charge in [0.25, 0.3) is 0 Å². The first-order chi connectivity index (χ1) is 9.59. The number of nitrogens with zero attached hydrogens (tertiary/aromatic N) is 1. The van der Waals surface area contributed by atoms with Crippen LogP contribution in [0.5, 0.6) is 0 Å². The SMILES string of the molecule is Cc1cccc(-n2cc(C)c(=O)c3ccccc32)c1C. The molecule has 0 saturated heterocycles. The van der Waals surface area contributed by atoms with E-state index in [2.05, 4.69) is 36.6 Å². The van der Waals surface area contributed by atoms with E-state index in [0.29, 0.717) is 0 Å². The topological polar surface area (TPSA) is 22.0 Å². The number of hydrogen-bond donors (Lipinski definition) is 0. The Bertz CT molecular complexity index is 859. The van der Waals surface area contributed by atoms with E-state index in [1.165, 1.54) is 11.1 Å². The van der Waals surface area contributed by atoms with E-state index in [-0.39, 0.29) is 5.43 Å². The fraction of sp³-hybridized carbons (Fsp3) is 0.167. The Kier molecular flexibility index (Phi) is 2.94. The molecule has 2 aromatic carbocycles. The van der Waals surface area contributed by atoms with Gasteiger partial charge in [-0.15, -0.1) is 0 Å². The molecule has 3 rings (SSSR count). The molecule has 0 saturated carbocycles. The lowest BCUT2D eigenvalue weighted by atomic mass is 10.1. The summed E-state index contributed by atoms with van der Waals surface area (Å²) in [6.45, 7) is 6.10. The monoisotopic (exact) mass is 263 g/mol. The third-order valence-electron chi connectivity index (χ3n) is 3.92. The molecule has 0 atom stereocenters. The summed E-state index contributed by atoms with van der Waals surface area (Å²) >= 11 is 0. The molecule has 1 aromatic heterocycles. The van der Waals surface area contributed by atoms with Crippen molar-refractivity contribution in [3.8, 4) is 5.69 Å². The highest BCUT2D eigenvalue weighted by molar-refractivity contribution is 5.81. The van der Waals surface area contributed by atoms with Crippen LogP contribution >= 0.6 is 0 Å². The van der Waals surface area contributed by atoms with E-state index in [4.69, 9.17) is 0 Å². The highest BCUT2D eigenvalue weighted by atomic mass is 16.1. The van der Waals surface area contributed by atoms with Crippen LogP contribution in [-0.2, 0) is 0 Å². The zero-order chi connectivity index (χ0) is 14.3. The predicted octanol–water partition coefficient (Wildman–Crippen LogP) is 3.92. The molecular formula is C18H17NO. The Hall–Kier alpha value is -2.35. The van der Waals surface area contributed by atoms with Gasteiger partial charge in [0.2, 0.25) is 0 Å². The van der Waals surface area contributed by atoms with Crippen LogP contribution in [0.15, 0.2) is 53.5 Å². The smallest absolute Gasteiger partial charge is 0.192 e. The number of hydrogen-bond acceptors (Lipinski definition) is 1. The lowest BCUT2D eigenvalue weighted by Crippen LogP contribution is -2.12. The van der Waals surface area contributed by atoms with Gasteiger partial charge in [-0.1, -0.05) is 24.3 Å². The molecular weight excluding hydrogens is 246 g/mol. The van der Waals surface area contributed by atoms with Crippen molar-refractivity contribution in [3.63, 3.8) is 0 Å². The average molecular weight is 263 g/mol. The van der Waals surface area contributed by atoms with Crippen LogP contribution in [0, 0.1) is 20.8 Å². The third-order valence-corrected chi connectivity index (χ3v) is 3.92. The van der Waals surface area contributed by atoms with Gasteiger partial charge in [0.1, 0.15) is 0 Å². The molecule has 0 aliphatic heterocycles. The molecule has 0 unspecified atom stereocenters. The molecule has 100 valence electrons. The number of aryl methyl sites for hydroxylation is 2. The molecule has 0 N–H and O–H groups in total. The summed E-state index contributed by atoms with van der Waals surface area (Å²) in [6, 6.07) is 14.0. The molecule has 1 heterocycles. The summed E-state index contributed by atoms with van der Waals surface area (Å²) in [5, 5.41) is 0.772. The van der Waals surface area contributed by atoms with Crippen molar-refractivity contribution in [3.05, 3.63) is 75.6 Å². The molecule has 0 aliphatic rings. The predicted molar refractivity (Wildman–Crippen MR) is 83.8 cm³/mol. The minimum atomic E-state index is 0.113. The van der Waals surface area contributed by atoms with Crippen LogP contribution in [0.1, 0.15) is 16.7 Å². The summed E-state index contributed by atoms with van der Waals surface area (Å²) in [6.07, 6.45) is 1.94. The molecule has 0 radical (unpaired) electrons. The minimum absolute atomic E-state index is 0.113. The van der Waals surface area contributed by atoms with Crippen molar-refractivity contribution in [1.82, 2.24) is 4.57 Å². The summed E-state index contributed by atoms with van der Waals surface area (Å²) in [4.78, 5) is 12.3.